The summed E-state index contributed by atoms with van der Waals surface area (Å²) >= 11 is 0. The third-order valence-electron chi connectivity index (χ3n) is 5.58. The van der Waals surface area contributed by atoms with Gasteiger partial charge in [-0.3, -0.25) is 19.4 Å². The minimum Gasteiger partial charge on any atom is -0.358 e. The van der Waals surface area contributed by atoms with Crippen molar-refractivity contribution >= 4 is 41.1 Å². The zero-order chi connectivity index (χ0) is 24.9. The van der Waals surface area contributed by atoms with Crippen molar-refractivity contribution in [3.63, 3.8) is 0 Å². The van der Waals surface area contributed by atoms with Gasteiger partial charge in [-0.25, -0.2) is 4.39 Å². The van der Waals surface area contributed by atoms with Crippen molar-refractivity contribution < 1.29 is 18.8 Å². The van der Waals surface area contributed by atoms with Crippen molar-refractivity contribution in [1.82, 2.24) is 20.6 Å². The highest BCUT2D eigenvalue weighted by Crippen LogP contribution is 2.34. The molecule has 0 radical (unpaired) electrons. The van der Waals surface area contributed by atoms with E-state index in [1.54, 1.807) is 44.5 Å². The Bertz CT molecular complexity index is 1360. The average molecular weight is 474 g/mol. The van der Waals surface area contributed by atoms with Crippen LogP contribution in [-0.4, -0.2) is 40.8 Å². The molecular weight excluding hydrogens is 449 g/mol. The van der Waals surface area contributed by atoms with Crippen LogP contribution < -0.4 is 16.0 Å². The van der Waals surface area contributed by atoms with E-state index in [4.69, 9.17) is 0 Å². The SMILES string of the molecule is Cc1[nH]c(/C=C2\C(=O)Nc3ccc(F)cc32)c(C)c1C(=O)NCCNC(=O)/C=C/c1cccnc1. The van der Waals surface area contributed by atoms with Crippen LogP contribution in [0.2, 0.25) is 0 Å². The minimum absolute atomic E-state index is 0.237. The van der Waals surface area contributed by atoms with Crippen LogP contribution in [0.15, 0.2) is 48.8 Å². The lowest BCUT2D eigenvalue weighted by atomic mass is 10.0. The Kier molecular flexibility index (Phi) is 6.86. The Hall–Kier alpha value is -4.53. The number of nitrogens with zero attached hydrogens (tertiary/aromatic N) is 1. The second-order valence-corrected chi connectivity index (χ2v) is 8.03. The van der Waals surface area contributed by atoms with Gasteiger partial charge >= 0.3 is 0 Å². The molecule has 0 bridgehead atoms. The Morgan fingerprint density at radius 3 is 2.71 bits per heavy atom. The first kappa shape index (κ1) is 23.6. The lowest BCUT2D eigenvalue weighted by Gasteiger charge is -2.07. The number of anilines is 1. The number of pyridine rings is 1. The van der Waals surface area contributed by atoms with Gasteiger partial charge in [0.1, 0.15) is 5.82 Å². The number of fused-ring (bicyclic) bond motifs is 1. The lowest BCUT2D eigenvalue weighted by Crippen LogP contribution is -2.34. The number of hydrogen-bond donors (Lipinski definition) is 4. The molecule has 0 spiro atoms. The number of hydrogen-bond acceptors (Lipinski definition) is 4. The molecule has 9 heteroatoms. The van der Waals surface area contributed by atoms with Gasteiger partial charge in [0.2, 0.25) is 5.91 Å². The highest BCUT2D eigenvalue weighted by molar-refractivity contribution is 6.34. The molecule has 0 saturated heterocycles. The predicted octanol–water partition coefficient (Wildman–Crippen LogP) is 3.22. The van der Waals surface area contributed by atoms with E-state index in [1.165, 1.54) is 24.3 Å². The highest BCUT2D eigenvalue weighted by atomic mass is 19.1. The van der Waals surface area contributed by atoms with Gasteiger partial charge in [0.15, 0.2) is 0 Å². The minimum atomic E-state index is -0.440. The Morgan fingerprint density at radius 1 is 1.14 bits per heavy atom. The molecule has 2 aromatic heterocycles. The van der Waals surface area contributed by atoms with E-state index < -0.39 is 5.82 Å². The maximum atomic E-state index is 13.7. The van der Waals surface area contributed by atoms with Gasteiger partial charge in [-0.1, -0.05) is 6.07 Å². The standard InChI is InChI=1S/C26H24FN5O3/c1-15-22(13-20-19-12-18(27)6-7-21(19)32-25(20)34)31-16(2)24(15)26(35)30-11-10-29-23(33)8-5-17-4-3-9-28-14-17/h3-9,12-14,31H,10-11H2,1-2H3,(H,29,33)(H,30,35)(H,32,34)/b8-5+,20-13-. The molecule has 0 fully saturated rings. The summed E-state index contributed by atoms with van der Waals surface area (Å²) in [6, 6.07) is 7.72. The van der Waals surface area contributed by atoms with E-state index in [-0.39, 0.29) is 30.8 Å². The Balaban J connectivity index is 1.38. The van der Waals surface area contributed by atoms with E-state index in [9.17, 15) is 18.8 Å². The normalized spacial score (nSPS) is 13.7. The maximum Gasteiger partial charge on any atom is 0.256 e. The van der Waals surface area contributed by atoms with Crippen molar-refractivity contribution in [3.05, 3.63) is 88.3 Å². The van der Waals surface area contributed by atoms with Crippen LogP contribution in [0.4, 0.5) is 10.1 Å². The number of aromatic nitrogens is 2. The summed E-state index contributed by atoms with van der Waals surface area (Å²) in [6.45, 7) is 4.02. The summed E-state index contributed by atoms with van der Waals surface area (Å²) in [6.07, 6.45) is 7.98. The number of aromatic amines is 1. The molecule has 3 amide bonds. The number of nitrogens with one attached hydrogen (secondary N) is 4. The van der Waals surface area contributed by atoms with Crippen LogP contribution in [0, 0.1) is 19.7 Å². The van der Waals surface area contributed by atoms with Crippen molar-refractivity contribution in [3.8, 4) is 0 Å². The maximum absolute atomic E-state index is 13.7. The molecule has 0 saturated carbocycles. The molecule has 0 unspecified atom stereocenters. The highest BCUT2D eigenvalue weighted by Gasteiger charge is 2.26. The first-order valence-corrected chi connectivity index (χ1v) is 11.0. The molecule has 3 aromatic rings. The van der Waals surface area contributed by atoms with Crippen LogP contribution in [-0.2, 0) is 9.59 Å². The van der Waals surface area contributed by atoms with Crippen LogP contribution in [0.1, 0.15) is 38.4 Å². The van der Waals surface area contributed by atoms with E-state index in [0.29, 0.717) is 39.3 Å². The summed E-state index contributed by atoms with van der Waals surface area (Å²) in [5.74, 6) is -1.36. The molecule has 0 atom stereocenters. The fraction of sp³-hybridized carbons (Fsp3) is 0.154. The molecule has 178 valence electrons. The van der Waals surface area contributed by atoms with Crippen molar-refractivity contribution in [2.45, 2.75) is 13.8 Å². The zero-order valence-electron chi connectivity index (χ0n) is 19.2. The molecular formula is C26H24FN5O3. The number of halogens is 1. The molecule has 8 nitrogen and oxygen atoms in total. The van der Waals surface area contributed by atoms with E-state index in [2.05, 4.69) is 25.9 Å². The monoisotopic (exact) mass is 473 g/mol. The van der Waals surface area contributed by atoms with E-state index in [0.717, 1.165) is 5.56 Å². The molecule has 1 aliphatic rings. The Labute approximate surface area is 201 Å². The number of aryl methyl sites for hydroxylation is 1. The summed E-state index contributed by atoms with van der Waals surface area (Å²) < 4.78 is 13.7. The number of rotatable bonds is 7. The van der Waals surface area contributed by atoms with Crippen LogP contribution in [0.5, 0.6) is 0 Å². The van der Waals surface area contributed by atoms with Crippen molar-refractivity contribution in [2.24, 2.45) is 0 Å². The predicted molar refractivity (Wildman–Crippen MR) is 132 cm³/mol. The third-order valence-corrected chi connectivity index (χ3v) is 5.58. The van der Waals surface area contributed by atoms with Crippen molar-refractivity contribution in [1.29, 1.82) is 0 Å². The first-order chi connectivity index (χ1) is 16.8. The third kappa shape index (κ3) is 5.35. The van der Waals surface area contributed by atoms with Gasteiger partial charge in [-0.2, -0.15) is 0 Å². The number of carbonyl (C=O) groups excluding carboxylic acids is 3. The Morgan fingerprint density at radius 2 is 1.94 bits per heavy atom. The summed E-state index contributed by atoms with van der Waals surface area (Å²) in [4.78, 5) is 44.2. The van der Waals surface area contributed by atoms with Crippen LogP contribution in [0.25, 0.3) is 17.7 Å². The van der Waals surface area contributed by atoms with Crippen LogP contribution in [0.3, 0.4) is 0 Å². The van der Waals surface area contributed by atoms with Gasteiger partial charge in [0.05, 0.1) is 11.1 Å². The summed E-state index contributed by atoms with van der Waals surface area (Å²) in [7, 11) is 0. The zero-order valence-corrected chi connectivity index (χ0v) is 19.2. The van der Waals surface area contributed by atoms with Gasteiger partial charge < -0.3 is 20.9 Å². The fourth-order valence-corrected chi connectivity index (χ4v) is 3.86. The first-order valence-electron chi connectivity index (χ1n) is 11.0. The second kappa shape index (κ2) is 10.2. The summed E-state index contributed by atoms with van der Waals surface area (Å²) in [5.41, 5.74) is 4.48. The quantitative estimate of drug-likeness (QED) is 0.311. The molecule has 35 heavy (non-hydrogen) atoms. The van der Waals surface area contributed by atoms with Gasteiger partial charge in [-0.05, 0) is 61.4 Å². The molecule has 0 aliphatic carbocycles. The van der Waals surface area contributed by atoms with Gasteiger partial charge in [-0.15, -0.1) is 0 Å². The van der Waals surface area contributed by atoms with Gasteiger partial charge in [0, 0.05) is 54.2 Å². The molecule has 4 rings (SSSR count). The molecule has 1 aromatic carbocycles. The van der Waals surface area contributed by atoms with Gasteiger partial charge in [0.25, 0.3) is 11.8 Å². The smallest absolute Gasteiger partial charge is 0.256 e. The number of benzene rings is 1. The largest absolute Gasteiger partial charge is 0.358 e. The fourth-order valence-electron chi connectivity index (χ4n) is 3.86. The van der Waals surface area contributed by atoms with E-state index in [1.807, 2.05) is 6.07 Å². The second-order valence-electron chi connectivity index (χ2n) is 8.03. The number of H-pyrrole nitrogens is 1. The molecule has 3 heterocycles. The molecule has 4 N–H and O–H groups in total. The topological polar surface area (TPSA) is 116 Å². The van der Waals surface area contributed by atoms with E-state index >= 15 is 0 Å². The average Bonchev–Trinajstić information content (AvgIpc) is 3.30. The van der Waals surface area contributed by atoms with Crippen LogP contribution >= 0.6 is 0 Å². The lowest BCUT2D eigenvalue weighted by molar-refractivity contribution is -0.116. The molecule has 1 aliphatic heterocycles. The number of carbonyl (C=O) groups is 3. The number of amides is 3. The summed E-state index contributed by atoms with van der Waals surface area (Å²) in [5, 5.41) is 8.21. The van der Waals surface area contributed by atoms with Crippen molar-refractivity contribution in [2.75, 3.05) is 18.4 Å².